The Morgan fingerprint density at radius 3 is 1.78 bits per heavy atom. The van der Waals surface area contributed by atoms with E-state index < -0.39 is 5.79 Å². The van der Waals surface area contributed by atoms with Crippen molar-refractivity contribution in [3.63, 3.8) is 0 Å². The van der Waals surface area contributed by atoms with Crippen molar-refractivity contribution in [3.05, 3.63) is 68.9 Å². The Balaban J connectivity index is 1.79. The average molecular weight is 438 g/mol. The number of hydrogen-bond acceptors (Lipinski definition) is 2. The summed E-state index contributed by atoms with van der Waals surface area (Å²) < 4.78 is 27.1. The fourth-order valence-corrected chi connectivity index (χ4v) is 3.44. The first-order valence-electron chi connectivity index (χ1n) is 7.01. The van der Waals surface area contributed by atoms with E-state index >= 15 is 0 Å². The molecule has 0 atom stereocenters. The summed E-state index contributed by atoms with van der Waals surface area (Å²) in [4.78, 5) is 0. The SMILES string of the molecule is CC1(c2ccc(F)cc2)Oc2cc3cc(Br)c(Br)cc3cc2O1. The molecule has 0 spiro atoms. The first-order chi connectivity index (χ1) is 10.9. The van der Waals surface area contributed by atoms with Crippen molar-refractivity contribution >= 4 is 42.6 Å². The molecule has 0 amide bonds. The van der Waals surface area contributed by atoms with E-state index in [1.54, 1.807) is 12.1 Å². The maximum absolute atomic E-state index is 13.1. The topological polar surface area (TPSA) is 18.5 Å². The van der Waals surface area contributed by atoms with Gasteiger partial charge >= 0.3 is 0 Å². The van der Waals surface area contributed by atoms with Gasteiger partial charge in [0, 0.05) is 21.4 Å². The van der Waals surface area contributed by atoms with Crippen LogP contribution in [-0.4, -0.2) is 0 Å². The van der Waals surface area contributed by atoms with Crippen LogP contribution in [0, 0.1) is 5.82 Å². The van der Waals surface area contributed by atoms with Crippen molar-refractivity contribution in [2.24, 2.45) is 0 Å². The highest BCUT2D eigenvalue weighted by atomic mass is 79.9. The first-order valence-corrected chi connectivity index (χ1v) is 8.60. The van der Waals surface area contributed by atoms with Gasteiger partial charge in [0.05, 0.1) is 0 Å². The van der Waals surface area contributed by atoms with Crippen LogP contribution in [-0.2, 0) is 5.79 Å². The molecule has 116 valence electrons. The van der Waals surface area contributed by atoms with E-state index in [1.807, 2.05) is 31.2 Å². The molecular weight excluding hydrogens is 427 g/mol. The summed E-state index contributed by atoms with van der Waals surface area (Å²) in [5.41, 5.74) is 0.765. The van der Waals surface area contributed by atoms with E-state index in [0.717, 1.165) is 25.3 Å². The lowest BCUT2D eigenvalue weighted by Crippen LogP contribution is -2.31. The highest BCUT2D eigenvalue weighted by Gasteiger charge is 2.38. The Labute approximate surface area is 149 Å². The second-order valence-corrected chi connectivity index (χ2v) is 7.28. The van der Waals surface area contributed by atoms with Crippen molar-refractivity contribution in [3.8, 4) is 11.5 Å². The molecular formula is C18H11Br2FO2. The Morgan fingerprint density at radius 2 is 1.30 bits per heavy atom. The van der Waals surface area contributed by atoms with Gasteiger partial charge in [-0.25, -0.2) is 4.39 Å². The van der Waals surface area contributed by atoms with Crippen LogP contribution in [0.5, 0.6) is 11.5 Å². The van der Waals surface area contributed by atoms with Crippen LogP contribution < -0.4 is 9.47 Å². The van der Waals surface area contributed by atoms with Gasteiger partial charge in [0.15, 0.2) is 11.5 Å². The molecule has 0 unspecified atom stereocenters. The second kappa shape index (κ2) is 5.21. The molecule has 3 aromatic carbocycles. The summed E-state index contributed by atoms with van der Waals surface area (Å²) in [7, 11) is 0. The van der Waals surface area contributed by atoms with Crippen LogP contribution in [0.1, 0.15) is 12.5 Å². The van der Waals surface area contributed by atoms with Gasteiger partial charge in [0.1, 0.15) is 5.82 Å². The highest BCUT2D eigenvalue weighted by Crippen LogP contribution is 2.46. The Hall–Kier alpha value is -1.59. The van der Waals surface area contributed by atoms with Gasteiger partial charge in [0.2, 0.25) is 0 Å². The highest BCUT2D eigenvalue weighted by molar-refractivity contribution is 9.13. The monoisotopic (exact) mass is 436 g/mol. The van der Waals surface area contributed by atoms with E-state index in [4.69, 9.17) is 9.47 Å². The molecule has 5 heteroatoms. The number of halogens is 3. The van der Waals surface area contributed by atoms with Gasteiger partial charge < -0.3 is 9.47 Å². The molecule has 23 heavy (non-hydrogen) atoms. The lowest BCUT2D eigenvalue weighted by atomic mass is 10.1. The van der Waals surface area contributed by atoms with Gasteiger partial charge in [-0.15, -0.1) is 0 Å². The summed E-state index contributed by atoms with van der Waals surface area (Å²) in [5, 5.41) is 2.09. The predicted octanol–water partition coefficient (Wildman–Crippen LogP) is 6.15. The van der Waals surface area contributed by atoms with E-state index in [0.29, 0.717) is 11.5 Å². The molecule has 4 rings (SSSR count). The summed E-state index contributed by atoms with van der Waals surface area (Å²) in [6.07, 6.45) is 0. The van der Waals surface area contributed by atoms with Gasteiger partial charge in [-0.1, -0.05) is 0 Å². The quantitative estimate of drug-likeness (QED) is 0.454. The predicted molar refractivity (Wildman–Crippen MR) is 94.4 cm³/mol. The van der Waals surface area contributed by atoms with Crippen LogP contribution in [0.25, 0.3) is 10.8 Å². The largest absolute Gasteiger partial charge is 0.445 e. The van der Waals surface area contributed by atoms with Gasteiger partial charge in [-0.2, -0.15) is 0 Å². The van der Waals surface area contributed by atoms with Crippen LogP contribution in [0.3, 0.4) is 0 Å². The molecule has 1 aliphatic heterocycles. The first kappa shape index (κ1) is 15.0. The maximum atomic E-state index is 13.1. The van der Waals surface area contributed by atoms with Crippen LogP contribution >= 0.6 is 31.9 Å². The summed E-state index contributed by atoms with van der Waals surface area (Å²) >= 11 is 7.02. The number of ether oxygens (including phenoxy) is 2. The minimum Gasteiger partial charge on any atom is -0.445 e. The minimum absolute atomic E-state index is 0.284. The van der Waals surface area contributed by atoms with Crippen molar-refractivity contribution in [2.75, 3.05) is 0 Å². The van der Waals surface area contributed by atoms with Crippen LogP contribution in [0.15, 0.2) is 57.5 Å². The average Bonchev–Trinajstić information content (AvgIpc) is 2.83. The Morgan fingerprint density at radius 1 is 0.826 bits per heavy atom. The zero-order chi connectivity index (χ0) is 16.2. The second-order valence-electron chi connectivity index (χ2n) is 5.57. The molecule has 0 saturated heterocycles. The smallest absolute Gasteiger partial charge is 0.275 e. The van der Waals surface area contributed by atoms with Crippen LogP contribution in [0.2, 0.25) is 0 Å². The maximum Gasteiger partial charge on any atom is 0.275 e. The third kappa shape index (κ3) is 2.52. The lowest BCUT2D eigenvalue weighted by molar-refractivity contribution is -0.0680. The molecule has 3 aromatic rings. The normalized spacial score (nSPS) is 15.1. The molecule has 0 radical (unpaired) electrons. The van der Waals surface area contributed by atoms with Gasteiger partial charge in [-0.3, -0.25) is 0 Å². The molecule has 1 aliphatic rings. The molecule has 0 bridgehead atoms. The van der Waals surface area contributed by atoms with Crippen molar-refractivity contribution in [2.45, 2.75) is 12.7 Å². The third-order valence-electron chi connectivity index (χ3n) is 3.92. The summed E-state index contributed by atoms with van der Waals surface area (Å²) in [5.74, 6) is 0.118. The van der Waals surface area contributed by atoms with Crippen molar-refractivity contribution in [1.82, 2.24) is 0 Å². The molecule has 2 nitrogen and oxygen atoms in total. The van der Waals surface area contributed by atoms with Crippen molar-refractivity contribution < 1.29 is 13.9 Å². The molecule has 0 saturated carbocycles. The zero-order valence-electron chi connectivity index (χ0n) is 12.1. The number of fused-ring (bicyclic) bond motifs is 2. The van der Waals surface area contributed by atoms with Crippen molar-refractivity contribution in [1.29, 1.82) is 0 Å². The van der Waals surface area contributed by atoms with E-state index in [-0.39, 0.29) is 5.82 Å². The summed E-state index contributed by atoms with van der Waals surface area (Å²) in [6, 6.07) is 14.1. The van der Waals surface area contributed by atoms with Crippen LogP contribution in [0.4, 0.5) is 4.39 Å². The van der Waals surface area contributed by atoms with E-state index in [2.05, 4.69) is 31.9 Å². The molecule has 0 aliphatic carbocycles. The van der Waals surface area contributed by atoms with E-state index in [1.165, 1.54) is 12.1 Å². The van der Waals surface area contributed by atoms with Gasteiger partial charge in [-0.05, 0) is 91.2 Å². The number of hydrogen-bond donors (Lipinski definition) is 0. The molecule has 0 N–H and O–H groups in total. The lowest BCUT2D eigenvalue weighted by Gasteiger charge is -2.23. The number of benzene rings is 3. The molecule has 0 fully saturated rings. The zero-order valence-corrected chi connectivity index (χ0v) is 15.2. The van der Waals surface area contributed by atoms with E-state index in [9.17, 15) is 4.39 Å². The Bertz CT molecular complexity index is 872. The fraction of sp³-hybridized carbons (Fsp3) is 0.111. The third-order valence-corrected chi connectivity index (χ3v) is 5.76. The minimum atomic E-state index is -0.956. The Kier molecular flexibility index (Phi) is 3.39. The molecule has 0 aromatic heterocycles. The standard InChI is InChI=1S/C18H11Br2FO2/c1-18(12-2-4-13(21)5-3-12)22-16-8-10-6-14(19)15(20)7-11(10)9-17(16)23-18/h2-9H,1H3. The molecule has 1 heterocycles. The summed E-state index contributed by atoms with van der Waals surface area (Å²) in [6.45, 7) is 1.83. The fourth-order valence-electron chi connectivity index (χ4n) is 2.72. The van der Waals surface area contributed by atoms with Gasteiger partial charge in [0.25, 0.3) is 5.79 Å². The number of rotatable bonds is 1.